The van der Waals surface area contributed by atoms with Crippen LogP contribution in [0.4, 0.5) is 0 Å². The van der Waals surface area contributed by atoms with E-state index < -0.39 is 5.79 Å². The van der Waals surface area contributed by atoms with Crippen LogP contribution in [0.2, 0.25) is 0 Å². The molecule has 0 radical (unpaired) electrons. The fraction of sp³-hybridized carbons (Fsp3) is 0.909. The zero-order valence-corrected chi connectivity index (χ0v) is 8.60. The van der Waals surface area contributed by atoms with Gasteiger partial charge in [0.1, 0.15) is 6.29 Å². The van der Waals surface area contributed by atoms with Crippen molar-refractivity contribution in [3.63, 3.8) is 0 Å². The van der Waals surface area contributed by atoms with Crippen LogP contribution in [0.25, 0.3) is 0 Å². The van der Waals surface area contributed by atoms with E-state index in [-0.39, 0.29) is 18.1 Å². The van der Waals surface area contributed by atoms with Crippen LogP contribution in [0.15, 0.2) is 0 Å². The molecule has 0 spiro atoms. The van der Waals surface area contributed by atoms with Gasteiger partial charge in [0.15, 0.2) is 5.79 Å². The molecule has 14 heavy (non-hydrogen) atoms. The molecule has 78 valence electrons. The van der Waals surface area contributed by atoms with Crippen LogP contribution < -0.4 is 0 Å². The van der Waals surface area contributed by atoms with Gasteiger partial charge in [0.25, 0.3) is 0 Å². The molecule has 2 saturated carbocycles. The fourth-order valence-electron chi connectivity index (χ4n) is 3.46. The molecule has 0 aromatic rings. The molecule has 0 N–H and O–H groups in total. The average molecular weight is 196 g/mol. The third-order valence-corrected chi connectivity index (χ3v) is 3.92. The highest BCUT2D eigenvalue weighted by Gasteiger charge is 2.59. The van der Waals surface area contributed by atoms with Crippen molar-refractivity contribution >= 4 is 6.29 Å². The van der Waals surface area contributed by atoms with E-state index in [0.717, 1.165) is 19.1 Å². The molecule has 3 rings (SSSR count). The molecule has 0 aromatic carbocycles. The van der Waals surface area contributed by atoms with Crippen LogP contribution in [-0.2, 0) is 14.3 Å². The van der Waals surface area contributed by atoms with Crippen LogP contribution in [0, 0.1) is 17.8 Å². The van der Waals surface area contributed by atoms with Gasteiger partial charge in [-0.1, -0.05) is 0 Å². The summed E-state index contributed by atoms with van der Waals surface area (Å²) in [6.07, 6.45) is 3.67. The molecule has 3 nitrogen and oxygen atoms in total. The lowest BCUT2D eigenvalue weighted by molar-refractivity contribution is -0.158. The number of fused-ring (bicyclic) bond motifs is 5. The van der Waals surface area contributed by atoms with Crippen molar-refractivity contribution in [2.45, 2.75) is 44.7 Å². The van der Waals surface area contributed by atoms with E-state index in [0.29, 0.717) is 11.8 Å². The van der Waals surface area contributed by atoms with E-state index in [1.807, 2.05) is 13.8 Å². The Morgan fingerprint density at radius 3 is 2.64 bits per heavy atom. The molecular weight excluding hydrogens is 180 g/mol. The van der Waals surface area contributed by atoms with Crippen LogP contribution in [0.3, 0.4) is 0 Å². The summed E-state index contributed by atoms with van der Waals surface area (Å²) >= 11 is 0. The van der Waals surface area contributed by atoms with E-state index in [2.05, 4.69) is 0 Å². The maximum atomic E-state index is 10.9. The summed E-state index contributed by atoms with van der Waals surface area (Å²) in [5.74, 6) is 0.759. The van der Waals surface area contributed by atoms with Crippen molar-refractivity contribution in [1.29, 1.82) is 0 Å². The number of hydrogen-bond donors (Lipinski definition) is 0. The van der Waals surface area contributed by atoms with Gasteiger partial charge in [0, 0.05) is 5.92 Å². The first-order valence-corrected chi connectivity index (χ1v) is 5.42. The van der Waals surface area contributed by atoms with E-state index >= 15 is 0 Å². The van der Waals surface area contributed by atoms with E-state index in [1.165, 1.54) is 0 Å². The highest BCUT2D eigenvalue weighted by molar-refractivity contribution is 5.55. The van der Waals surface area contributed by atoms with Crippen LogP contribution in [-0.4, -0.2) is 24.3 Å². The highest BCUT2D eigenvalue weighted by Crippen LogP contribution is 2.54. The van der Waals surface area contributed by atoms with Gasteiger partial charge in [-0.15, -0.1) is 0 Å². The van der Waals surface area contributed by atoms with Gasteiger partial charge in [-0.05, 0) is 38.5 Å². The van der Waals surface area contributed by atoms with E-state index in [1.54, 1.807) is 0 Å². The van der Waals surface area contributed by atoms with Gasteiger partial charge in [0.05, 0.1) is 12.2 Å². The molecule has 2 bridgehead atoms. The minimum atomic E-state index is -0.440. The van der Waals surface area contributed by atoms with Crippen molar-refractivity contribution < 1.29 is 14.3 Å². The SMILES string of the molecule is CC1(C)O[C@@H]2[C@@H]3C[C@@H](C[C@@H]3C=O)[C@@H]2O1. The molecule has 1 aliphatic heterocycles. The maximum Gasteiger partial charge on any atom is 0.163 e. The molecule has 3 aliphatic rings. The molecule has 1 saturated heterocycles. The second kappa shape index (κ2) is 2.58. The Bertz CT molecular complexity index is 274. The minimum Gasteiger partial charge on any atom is -0.344 e. The smallest absolute Gasteiger partial charge is 0.163 e. The lowest BCUT2D eigenvalue weighted by Crippen LogP contribution is -2.34. The lowest BCUT2D eigenvalue weighted by atomic mass is 9.86. The molecule has 2 aliphatic carbocycles. The van der Waals surface area contributed by atoms with Crippen LogP contribution in [0.1, 0.15) is 26.7 Å². The van der Waals surface area contributed by atoms with Crippen molar-refractivity contribution in [3.8, 4) is 0 Å². The Hall–Kier alpha value is -0.410. The third-order valence-electron chi connectivity index (χ3n) is 3.92. The number of rotatable bonds is 1. The second-order valence-corrected chi connectivity index (χ2v) is 5.26. The van der Waals surface area contributed by atoms with Gasteiger partial charge in [-0.2, -0.15) is 0 Å². The van der Waals surface area contributed by atoms with Crippen LogP contribution >= 0.6 is 0 Å². The average Bonchev–Trinajstić information content (AvgIpc) is 2.70. The summed E-state index contributed by atoms with van der Waals surface area (Å²) < 4.78 is 11.7. The molecule has 5 atom stereocenters. The molecule has 3 fully saturated rings. The molecule has 0 aromatic heterocycles. The van der Waals surface area contributed by atoms with Crippen molar-refractivity contribution in [3.05, 3.63) is 0 Å². The Kier molecular flexibility index (Phi) is 1.63. The maximum absolute atomic E-state index is 10.9. The summed E-state index contributed by atoms with van der Waals surface area (Å²) in [5.41, 5.74) is 0. The normalized spacial score (nSPS) is 53.4. The Labute approximate surface area is 83.8 Å². The molecule has 1 heterocycles. The van der Waals surface area contributed by atoms with E-state index in [4.69, 9.17) is 9.47 Å². The molecule has 3 heteroatoms. The number of carbonyl (C=O) groups is 1. The number of hydrogen-bond acceptors (Lipinski definition) is 3. The Balaban J connectivity index is 1.85. The van der Waals surface area contributed by atoms with Gasteiger partial charge < -0.3 is 14.3 Å². The Morgan fingerprint density at radius 2 is 1.93 bits per heavy atom. The number of aldehydes is 1. The van der Waals surface area contributed by atoms with Gasteiger partial charge >= 0.3 is 0 Å². The summed E-state index contributed by atoms with van der Waals surface area (Å²) in [6, 6.07) is 0. The molecular formula is C11H16O3. The topological polar surface area (TPSA) is 35.5 Å². The molecule has 0 amide bonds. The number of ether oxygens (including phenoxy) is 2. The largest absolute Gasteiger partial charge is 0.344 e. The van der Waals surface area contributed by atoms with Crippen molar-refractivity contribution in [2.75, 3.05) is 0 Å². The van der Waals surface area contributed by atoms with E-state index in [9.17, 15) is 4.79 Å². The summed E-state index contributed by atoms with van der Waals surface area (Å²) in [4.78, 5) is 10.9. The minimum absolute atomic E-state index is 0.180. The third kappa shape index (κ3) is 1.03. The van der Waals surface area contributed by atoms with Crippen molar-refractivity contribution in [1.82, 2.24) is 0 Å². The fourth-order valence-corrected chi connectivity index (χ4v) is 3.46. The zero-order chi connectivity index (χ0) is 9.92. The predicted molar refractivity (Wildman–Crippen MR) is 49.6 cm³/mol. The first-order chi connectivity index (χ1) is 6.61. The summed E-state index contributed by atoms with van der Waals surface area (Å²) in [7, 11) is 0. The lowest BCUT2D eigenvalue weighted by Gasteiger charge is -2.25. The predicted octanol–water partition coefficient (Wildman–Crippen LogP) is 1.36. The van der Waals surface area contributed by atoms with Gasteiger partial charge in [-0.3, -0.25) is 0 Å². The standard InChI is InChI=1S/C11H16O3/c1-11(2)13-9-6-3-7(5-12)8(4-6)10(9)14-11/h5-10H,3-4H2,1-2H3/t6-,7-,8-,9+,10-/m1/s1. The summed E-state index contributed by atoms with van der Waals surface area (Å²) in [5, 5.41) is 0. The first-order valence-electron chi connectivity index (χ1n) is 5.42. The first kappa shape index (κ1) is 8.86. The monoisotopic (exact) mass is 196 g/mol. The van der Waals surface area contributed by atoms with Crippen molar-refractivity contribution in [2.24, 2.45) is 17.8 Å². The quantitative estimate of drug-likeness (QED) is 0.594. The Morgan fingerprint density at radius 1 is 1.21 bits per heavy atom. The zero-order valence-electron chi connectivity index (χ0n) is 8.60. The van der Waals surface area contributed by atoms with Gasteiger partial charge in [0.2, 0.25) is 0 Å². The highest BCUT2D eigenvalue weighted by atomic mass is 16.8. The number of carbonyl (C=O) groups excluding carboxylic acids is 1. The van der Waals surface area contributed by atoms with Gasteiger partial charge in [-0.25, -0.2) is 0 Å². The van der Waals surface area contributed by atoms with Crippen LogP contribution in [0.5, 0.6) is 0 Å². The second-order valence-electron chi connectivity index (χ2n) is 5.26. The summed E-state index contributed by atoms with van der Waals surface area (Å²) in [6.45, 7) is 3.92. The molecule has 0 unspecified atom stereocenters.